The van der Waals surface area contributed by atoms with Gasteiger partial charge in [0.1, 0.15) is 17.3 Å². The number of hydrogen-bond donors (Lipinski definition) is 2. The minimum absolute atomic E-state index is 0.0395. The smallest absolute Gasteiger partial charge is 0.315 e. The Kier molecular flexibility index (Phi) is 9.40. The minimum atomic E-state index is -0.706. The van der Waals surface area contributed by atoms with Crippen LogP contribution in [0.2, 0.25) is 0 Å². The van der Waals surface area contributed by atoms with Crippen LogP contribution in [0.4, 0.5) is 8.78 Å². The van der Waals surface area contributed by atoms with Crippen molar-refractivity contribution >= 4 is 5.97 Å². The molecular formula is C24H31F2NO4. The van der Waals surface area contributed by atoms with Crippen LogP contribution >= 0.6 is 0 Å². The Hall–Kier alpha value is -2.51. The third kappa shape index (κ3) is 7.01. The molecule has 1 aromatic carbocycles. The first kappa shape index (κ1) is 24.8. The number of ether oxygens (including phenoxy) is 1. The minimum Gasteiger partial charge on any atom is -0.509 e. The van der Waals surface area contributed by atoms with E-state index in [0.717, 1.165) is 36.1 Å². The Labute approximate surface area is 182 Å². The molecule has 0 aliphatic carbocycles. The maximum absolute atomic E-state index is 14.1. The number of nitrogens with zero attached hydrogens (tertiary/aromatic N) is 1. The Morgan fingerprint density at radius 3 is 2.74 bits per heavy atom. The van der Waals surface area contributed by atoms with Crippen molar-refractivity contribution in [2.24, 2.45) is 5.92 Å². The summed E-state index contributed by atoms with van der Waals surface area (Å²) in [4.78, 5) is 14.3. The first-order chi connectivity index (χ1) is 14.8. The molecule has 7 heteroatoms. The van der Waals surface area contributed by atoms with Crippen LogP contribution < -0.4 is 0 Å². The number of aliphatic hydroxyl groups is 2. The van der Waals surface area contributed by atoms with Gasteiger partial charge in [0.2, 0.25) is 0 Å². The molecule has 1 fully saturated rings. The standard InChI is InChI=1S/C24H31F2NO4/c1-4-17(21-13-20(25)8-7-18(21)15-28)10-11-27(5-2)14-19-12-23(31-24(19)30)22(26)9-6-16(3)29/h6-9,13,17,19,28-29H,3-5,10-12,14-15H2,1-2H3/b9-6-,23-22+. The Morgan fingerprint density at radius 1 is 1.39 bits per heavy atom. The van der Waals surface area contributed by atoms with Gasteiger partial charge in [-0.25, -0.2) is 8.78 Å². The summed E-state index contributed by atoms with van der Waals surface area (Å²) in [5.41, 5.74) is 1.53. The lowest BCUT2D eigenvalue weighted by atomic mass is 9.89. The Morgan fingerprint density at radius 2 is 2.13 bits per heavy atom. The van der Waals surface area contributed by atoms with E-state index in [9.17, 15) is 18.7 Å². The van der Waals surface area contributed by atoms with E-state index in [0.29, 0.717) is 19.6 Å². The van der Waals surface area contributed by atoms with Crippen molar-refractivity contribution in [1.82, 2.24) is 4.90 Å². The molecular weight excluding hydrogens is 404 g/mol. The van der Waals surface area contributed by atoms with Crippen molar-refractivity contribution in [2.75, 3.05) is 19.6 Å². The fourth-order valence-electron chi connectivity index (χ4n) is 3.80. The number of halogens is 2. The summed E-state index contributed by atoms with van der Waals surface area (Å²) in [6.45, 7) is 8.90. The van der Waals surface area contributed by atoms with E-state index < -0.39 is 17.7 Å². The highest BCUT2D eigenvalue weighted by molar-refractivity contribution is 5.77. The van der Waals surface area contributed by atoms with Crippen molar-refractivity contribution < 1.29 is 28.5 Å². The van der Waals surface area contributed by atoms with Gasteiger partial charge in [-0.15, -0.1) is 0 Å². The molecule has 1 heterocycles. The molecule has 0 amide bonds. The SMILES string of the molecule is C=C(O)/C=C\C(F)=C1\CC(CN(CC)CCC(CC)c2cc(F)ccc2CO)C(=O)O1. The fourth-order valence-corrected chi connectivity index (χ4v) is 3.80. The molecule has 1 aromatic rings. The zero-order chi connectivity index (χ0) is 23.0. The van der Waals surface area contributed by atoms with Crippen LogP contribution in [0.1, 0.15) is 50.2 Å². The summed E-state index contributed by atoms with van der Waals surface area (Å²) in [7, 11) is 0. The second-order valence-corrected chi connectivity index (χ2v) is 7.71. The van der Waals surface area contributed by atoms with Crippen molar-refractivity contribution in [3.05, 3.63) is 71.2 Å². The predicted octanol–water partition coefficient (Wildman–Crippen LogP) is 4.90. The molecule has 0 spiro atoms. The lowest BCUT2D eigenvalue weighted by Gasteiger charge is -2.26. The highest BCUT2D eigenvalue weighted by Gasteiger charge is 2.34. The van der Waals surface area contributed by atoms with Gasteiger partial charge in [0.25, 0.3) is 0 Å². The normalized spacial score (nSPS) is 19.2. The van der Waals surface area contributed by atoms with Gasteiger partial charge < -0.3 is 19.8 Å². The largest absolute Gasteiger partial charge is 0.509 e. The molecule has 1 aliphatic heterocycles. The van der Waals surface area contributed by atoms with Gasteiger partial charge in [-0.05, 0) is 67.3 Å². The van der Waals surface area contributed by atoms with E-state index in [1.165, 1.54) is 12.1 Å². The molecule has 2 rings (SSSR count). The van der Waals surface area contributed by atoms with Crippen LogP contribution in [0.25, 0.3) is 0 Å². The molecule has 31 heavy (non-hydrogen) atoms. The molecule has 2 N–H and O–H groups in total. The molecule has 0 aromatic heterocycles. The van der Waals surface area contributed by atoms with Crippen LogP contribution in [0.5, 0.6) is 0 Å². The number of allylic oxidation sites excluding steroid dienone is 4. The second kappa shape index (κ2) is 11.8. The highest BCUT2D eigenvalue weighted by atomic mass is 19.1. The van der Waals surface area contributed by atoms with Crippen LogP contribution in [0.3, 0.4) is 0 Å². The summed E-state index contributed by atoms with van der Waals surface area (Å²) in [5.74, 6) is -2.24. The van der Waals surface area contributed by atoms with Crippen LogP contribution in [0, 0.1) is 11.7 Å². The maximum atomic E-state index is 14.1. The highest BCUT2D eigenvalue weighted by Crippen LogP contribution is 2.31. The second-order valence-electron chi connectivity index (χ2n) is 7.71. The van der Waals surface area contributed by atoms with Gasteiger partial charge in [0.15, 0.2) is 5.83 Å². The van der Waals surface area contributed by atoms with Gasteiger partial charge in [-0.1, -0.05) is 26.5 Å². The monoisotopic (exact) mass is 435 g/mol. The number of aliphatic hydroxyl groups excluding tert-OH is 2. The molecule has 1 aliphatic rings. The lowest BCUT2D eigenvalue weighted by molar-refractivity contribution is -0.139. The topological polar surface area (TPSA) is 70.0 Å². The zero-order valence-electron chi connectivity index (χ0n) is 18.1. The zero-order valence-corrected chi connectivity index (χ0v) is 18.1. The summed E-state index contributed by atoms with van der Waals surface area (Å²) < 4.78 is 33.0. The predicted molar refractivity (Wildman–Crippen MR) is 115 cm³/mol. The van der Waals surface area contributed by atoms with E-state index in [1.54, 1.807) is 6.07 Å². The van der Waals surface area contributed by atoms with Crippen molar-refractivity contribution in [2.45, 2.75) is 45.6 Å². The van der Waals surface area contributed by atoms with E-state index in [-0.39, 0.29) is 36.3 Å². The van der Waals surface area contributed by atoms with Gasteiger partial charge in [0.05, 0.1) is 12.5 Å². The third-order valence-electron chi connectivity index (χ3n) is 5.61. The fraction of sp³-hybridized carbons (Fsp3) is 0.458. The van der Waals surface area contributed by atoms with Crippen LogP contribution in [-0.4, -0.2) is 40.7 Å². The maximum Gasteiger partial charge on any atom is 0.315 e. The molecule has 5 nitrogen and oxygen atoms in total. The molecule has 0 saturated carbocycles. The van der Waals surface area contributed by atoms with E-state index in [2.05, 4.69) is 11.5 Å². The number of carbonyl (C=O) groups excluding carboxylic acids is 1. The summed E-state index contributed by atoms with van der Waals surface area (Å²) >= 11 is 0. The lowest BCUT2D eigenvalue weighted by Crippen LogP contribution is -2.33. The Bertz CT molecular complexity index is 850. The molecule has 0 bridgehead atoms. The van der Waals surface area contributed by atoms with Gasteiger partial charge in [-0.3, -0.25) is 4.79 Å². The average molecular weight is 436 g/mol. The summed E-state index contributed by atoms with van der Waals surface area (Å²) in [5, 5.41) is 18.6. The summed E-state index contributed by atoms with van der Waals surface area (Å²) in [6, 6.07) is 4.45. The Balaban J connectivity index is 2.02. The van der Waals surface area contributed by atoms with Crippen molar-refractivity contribution in [3.8, 4) is 0 Å². The molecule has 0 radical (unpaired) electrons. The van der Waals surface area contributed by atoms with Gasteiger partial charge in [-0.2, -0.15) is 0 Å². The quantitative estimate of drug-likeness (QED) is 0.294. The molecule has 170 valence electrons. The van der Waals surface area contributed by atoms with Crippen LogP contribution in [0.15, 0.2) is 54.3 Å². The first-order valence-corrected chi connectivity index (χ1v) is 10.6. The molecule has 2 unspecified atom stereocenters. The van der Waals surface area contributed by atoms with Gasteiger partial charge in [0, 0.05) is 13.0 Å². The summed E-state index contributed by atoms with van der Waals surface area (Å²) in [6.07, 6.45) is 3.80. The van der Waals surface area contributed by atoms with Crippen molar-refractivity contribution in [1.29, 1.82) is 0 Å². The van der Waals surface area contributed by atoms with Crippen LogP contribution in [-0.2, 0) is 16.1 Å². The first-order valence-electron chi connectivity index (χ1n) is 10.6. The van der Waals surface area contributed by atoms with E-state index >= 15 is 0 Å². The van der Waals surface area contributed by atoms with Crippen molar-refractivity contribution in [3.63, 3.8) is 0 Å². The van der Waals surface area contributed by atoms with E-state index in [4.69, 9.17) is 9.84 Å². The number of hydrogen-bond acceptors (Lipinski definition) is 5. The third-order valence-corrected chi connectivity index (χ3v) is 5.61. The average Bonchev–Trinajstić information content (AvgIpc) is 3.11. The van der Waals surface area contributed by atoms with E-state index in [1.807, 2.05) is 13.8 Å². The number of carbonyl (C=O) groups is 1. The number of esters is 1. The molecule has 2 atom stereocenters. The number of rotatable bonds is 11. The van der Waals surface area contributed by atoms with Gasteiger partial charge >= 0.3 is 5.97 Å². The molecule has 1 saturated heterocycles. The number of cyclic esters (lactones) is 1. The number of benzene rings is 1.